The smallest absolute Gasteiger partial charge is 0.410 e. The molecule has 2 saturated heterocycles. The Morgan fingerprint density at radius 1 is 1.57 bits per heavy atom. The van der Waals surface area contributed by atoms with Crippen molar-refractivity contribution in [2.24, 2.45) is 5.92 Å². The standard InChI is InChI=1S/C10H18N2O2/c1-2-3-4-14-10(13)12-7-8-5-11-6-9(8)12/h8-9,11H,2-7H2,1H3/t8-,9-/m1/s1. The van der Waals surface area contributed by atoms with Gasteiger partial charge in [0.05, 0.1) is 12.6 Å². The van der Waals surface area contributed by atoms with Crippen molar-refractivity contribution < 1.29 is 9.53 Å². The first-order valence-electron chi connectivity index (χ1n) is 5.47. The molecule has 0 aromatic rings. The van der Waals surface area contributed by atoms with Crippen LogP contribution in [0.2, 0.25) is 0 Å². The minimum Gasteiger partial charge on any atom is -0.449 e. The van der Waals surface area contributed by atoms with E-state index in [1.54, 1.807) is 0 Å². The molecule has 2 aliphatic rings. The van der Waals surface area contributed by atoms with Crippen molar-refractivity contribution >= 4 is 6.09 Å². The van der Waals surface area contributed by atoms with Gasteiger partial charge in [-0.1, -0.05) is 13.3 Å². The topological polar surface area (TPSA) is 41.6 Å². The summed E-state index contributed by atoms with van der Waals surface area (Å²) in [5.41, 5.74) is 0. The Hall–Kier alpha value is -0.770. The van der Waals surface area contributed by atoms with Gasteiger partial charge >= 0.3 is 6.09 Å². The van der Waals surface area contributed by atoms with E-state index >= 15 is 0 Å². The molecule has 4 heteroatoms. The van der Waals surface area contributed by atoms with Crippen LogP contribution in [0, 0.1) is 5.92 Å². The normalized spacial score (nSPS) is 29.6. The Morgan fingerprint density at radius 2 is 2.43 bits per heavy atom. The van der Waals surface area contributed by atoms with Crippen LogP contribution < -0.4 is 5.32 Å². The summed E-state index contributed by atoms with van der Waals surface area (Å²) in [5, 5.41) is 3.29. The zero-order valence-electron chi connectivity index (χ0n) is 8.66. The lowest BCUT2D eigenvalue weighted by Crippen LogP contribution is -2.58. The van der Waals surface area contributed by atoms with E-state index in [-0.39, 0.29) is 6.09 Å². The molecule has 0 saturated carbocycles. The van der Waals surface area contributed by atoms with Crippen LogP contribution in [-0.4, -0.2) is 43.3 Å². The molecule has 0 bridgehead atoms. The number of nitrogens with zero attached hydrogens (tertiary/aromatic N) is 1. The van der Waals surface area contributed by atoms with Crippen molar-refractivity contribution in [2.75, 3.05) is 26.2 Å². The maximum Gasteiger partial charge on any atom is 0.410 e. The lowest BCUT2D eigenvalue weighted by Gasteiger charge is -2.42. The summed E-state index contributed by atoms with van der Waals surface area (Å²) in [4.78, 5) is 13.4. The highest BCUT2D eigenvalue weighted by Crippen LogP contribution is 2.28. The molecule has 0 aliphatic carbocycles. The van der Waals surface area contributed by atoms with Gasteiger partial charge in [0.2, 0.25) is 0 Å². The van der Waals surface area contributed by atoms with Crippen molar-refractivity contribution in [3.8, 4) is 0 Å². The van der Waals surface area contributed by atoms with Gasteiger partial charge in [0.25, 0.3) is 0 Å². The van der Waals surface area contributed by atoms with Crippen molar-refractivity contribution in [1.82, 2.24) is 10.2 Å². The van der Waals surface area contributed by atoms with Crippen LogP contribution in [0.25, 0.3) is 0 Å². The lowest BCUT2D eigenvalue weighted by molar-refractivity contribution is 0.0279. The molecule has 4 nitrogen and oxygen atoms in total. The Balaban J connectivity index is 1.71. The number of unbranched alkanes of at least 4 members (excludes halogenated alkanes) is 1. The van der Waals surface area contributed by atoms with Crippen LogP contribution in [-0.2, 0) is 4.74 Å². The first-order valence-corrected chi connectivity index (χ1v) is 5.47. The van der Waals surface area contributed by atoms with Crippen LogP contribution in [0.15, 0.2) is 0 Å². The van der Waals surface area contributed by atoms with Crippen molar-refractivity contribution in [3.63, 3.8) is 0 Å². The highest BCUT2D eigenvalue weighted by Gasteiger charge is 2.45. The largest absolute Gasteiger partial charge is 0.449 e. The quantitative estimate of drug-likeness (QED) is 0.683. The third-order valence-corrected chi connectivity index (χ3v) is 3.09. The van der Waals surface area contributed by atoms with E-state index in [9.17, 15) is 4.79 Å². The van der Waals surface area contributed by atoms with Gasteiger partial charge in [-0.3, -0.25) is 0 Å². The average Bonchev–Trinajstić information content (AvgIpc) is 2.48. The van der Waals surface area contributed by atoms with Crippen LogP contribution in [0.3, 0.4) is 0 Å². The molecule has 2 fully saturated rings. The molecule has 2 heterocycles. The molecule has 0 spiro atoms. The second-order valence-electron chi connectivity index (χ2n) is 4.11. The molecule has 2 atom stereocenters. The number of hydrogen-bond acceptors (Lipinski definition) is 3. The molecule has 2 aliphatic heterocycles. The highest BCUT2D eigenvalue weighted by molar-refractivity contribution is 5.69. The van der Waals surface area contributed by atoms with Gasteiger partial charge in [0, 0.05) is 25.6 Å². The van der Waals surface area contributed by atoms with Crippen molar-refractivity contribution in [3.05, 3.63) is 0 Å². The van der Waals surface area contributed by atoms with E-state index in [1.807, 2.05) is 4.90 Å². The molecular weight excluding hydrogens is 180 g/mol. The highest BCUT2D eigenvalue weighted by atomic mass is 16.6. The van der Waals surface area contributed by atoms with Crippen LogP contribution in [0.1, 0.15) is 19.8 Å². The number of amides is 1. The molecule has 1 amide bonds. The Labute approximate surface area is 84.6 Å². The molecule has 1 N–H and O–H groups in total. The predicted molar refractivity (Wildman–Crippen MR) is 53.1 cm³/mol. The summed E-state index contributed by atoms with van der Waals surface area (Å²) in [6.45, 7) is 5.53. The molecule has 14 heavy (non-hydrogen) atoms. The maximum absolute atomic E-state index is 11.5. The second kappa shape index (κ2) is 4.17. The molecule has 0 aromatic carbocycles. The van der Waals surface area contributed by atoms with Gasteiger partial charge in [-0.05, 0) is 6.42 Å². The van der Waals surface area contributed by atoms with Gasteiger partial charge in [-0.2, -0.15) is 0 Å². The number of nitrogens with one attached hydrogen (secondary N) is 1. The number of ether oxygens (including phenoxy) is 1. The number of carbonyl (C=O) groups excluding carboxylic acids is 1. The van der Waals surface area contributed by atoms with Crippen LogP contribution in [0.4, 0.5) is 4.79 Å². The van der Waals surface area contributed by atoms with E-state index in [2.05, 4.69) is 12.2 Å². The third kappa shape index (κ3) is 1.71. The van der Waals surface area contributed by atoms with Crippen LogP contribution >= 0.6 is 0 Å². The van der Waals surface area contributed by atoms with Gasteiger partial charge in [0.15, 0.2) is 0 Å². The number of hydrogen-bond donors (Lipinski definition) is 1. The minimum absolute atomic E-state index is 0.122. The monoisotopic (exact) mass is 198 g/mol. The van der Waals surface area contributed by atoms with Gasteiger partial charge in [0.1, 0.15) is 0 Å². The Kier molecular flexibility index (Phi) is 2.91. The van der Waals surface area contributed by atoms with Crippen molar-refractivity contribution in [2.45, 2.75) is 25.8 Å². The van der Waals surface area contributed by atoms with E-state index in [4.69, 9.17) is 4.74 Å². The fourth-order valence-corrected chi connectivity index (χ4v) is 2.12. The third-order valence-electron chi connectivity index (χ3n) is 3.09. The predicted octanol–water partition coefficient (Wildman–Crippen LogP) is 0.827. The summed E-state index contributed by atoms with van der Waals surface area (Å²) in [5.74, 6) is 0.675. The zero-order chi connectivity index (χ0) is 9.97. The Bertz CT molecular complexity index is 220. The number of rotatable bonds is 3. The fraction of sp³-hybridized carbons (Fsp3) is 0.900. The van der Waals surface area contributed by atoms with E-state index in [1.165, 1.54) is 0 Å². The zero-order valence-corrected chi connectivity index (χ0v) is 8.66. The summed E-state index contributed by atoms with van der Waals surface area (Å²) in [6, 6.07) is 0.407. The minimum atomic E-state index is -0.122. The SMILES string of the molecule is CCCCOC(=O)N1C[C@H]2CNC[C@H]21. The second-order valence-corrected chi connectivity index (χ2v) is 4.11. The average molecular weight is 198 g/mol. The van der Waals surface area contributed by atoms with E-state index in [0.717, 1.165) is 32.5 Å². The number of likely N-dealkylation sites (tertiary alicyclic amines) is 1. The summed E-state index contributed by atoms with van der Waals surface area (Å²) < 4.78 is 5.15. The molecule has 0 unspecified atom stereocenters. The number of carbonyl (C=O) groups is 1. The maximum atomic E-state index is 11.5. The fourth-order valence-electron chi connectivity index (χ4n) is 2.12. The first-order chi connectivity index (χ1) is 6.83. The summed E-state index contributed by atoms with van der Waals surface area (Å²) in [6.07, 6.45) is 1.91. The molecule has 80 valence electrons. The molecular formula is C10H18N2O2. The van der Waals surface area contributed by atoms with Crippen molar-refractivity contribution in [1.29, 1.82) is 0 Å². The Morgan fingerprint density at radius 3 is 3.14 bits per heavy atom. The summed E-state index contributed by atoms with van der Waals surface area (Å²) >= 11 is 0. The van der Waals surface area contributed by atoms with E-state index in [0.29, 0.717) is 18.6 Å². The van der Waals surface area contributed by atoms with Gasteiger partial charge in [-0.25, -0.2) is 4.79 Å². The summed E-state index contributed by atoms with van der Waals surface area (Å²) in [7, 11) is 0. The van der Waals surface area contributed by atoms with Gasteiger partial charge < -0.3 is 15.0 Å². The number of fused-ring (bicyclic) bond motifs is 1. The lowest BCUT2D eigenvalue weighted by atomic mass is 9.93. The van der Waals surface area contributed by atoms with E-state index < -0.39 is 0 Å². The molecule has 0 aromatic heterocycles. The van der Waals surface area contributed by atoms with Crippen LogP contribution in [0.5, 0.6) is 0 Å². The first kappa shape index (κ1) is 9.77. The van der Waals surface area contributed by atoms with Gasteiger partial charge in [-0.15, -0.1) is 0 Å². The molecule has 2 rings (SSSR count). The molecule has 0 radical (unpaired) electrons.